The van der Waals surface area contributed by atoms with E-state index in [1.54, 1.807) is 18.2 Å². The number of likely N-dealkylation sites (tertiary alicyclic amines) is 1. The predicted octanol–water partition coefficient (Wildman–Crippen LogP) is 3.85. The van der Waals surface area contributed by atoms with Crippen molar-refractivity contribution >= 4 is 11.6 Å². The minimum atomic E-state index is -0.331. The third-order valence-electron chi connectivity index (χ3n) is 4.61. The Morgan fingerprint density at radius 3 is 2.75 bits per heavy atom. The van der Waals surface area contributed by atoms with Crippen molar-refractivity contribution < 1.29 is 4.39 Å². The highest BCUT2D eigenvalue weighted by Crippen LogP contribution is 2.35. The number of piperidine rings is 1. The van der Waals surface area contributed by atoms with Crippen LogP contribution in [0, 0.1) is 17.7 Å². The maximum atomic E-state index is 14.3. The van der Waals surface area contributed by atoms with Crippen LogP contribution >= 0.6 is 11.6 Å². The molecule has 4 atom stereocenters. The van der Waals surface area contributed by atoms with Crippen LogP contribution < -0.4 is 5.73 Å². The fourth-order valence-corrected chi connectivity index (χ4v) is 3.57. The smallest absolute Gasteiger partial charge is 0.146 e. The molecule has 1 aliphatic heterocycles. The van der Waals surface area contributed by atoms with Gasteiger partial charge in [-0.15, -0.1) is 0 Å². The van der Waals surface area contributed by atoms with Gasteiger partial charge in [0, 0.05) is 24.7 Å². The molecular formula is C16H24ClFN2. The molecule has 0 spiro atoms. The zero-order valence-corrected chi connectivity index (χ0v) is 13.2. The quantitative estimate of drug-likeness (QED) is 0.918. The normalized spacial score (nSPS) is 29.4. The zero-order chi connectivity index (χ0) is 14.9. The van der Waals surface area contributed by atoms with E-state index in [1.807, 2.05) is 0 Å². The van der Waals surface area contributed by atoms with Crippen molar-refractivity contribution in [2.45, 2.75) is 39.3 Å². The fraction of sp³-hybridized carbons (Fsp3) is 0.625. The van der Waals surface area contributed by atoms with Crippen LogP contribution in [-0.4, -0.2) is 24.0 Å². The summed E-state index contributed by atoms with van der Waals surface area (Å²) in [5.74, 6) is 0.871. The average Bonchev–Trinajstić information content (AvgIpc) is 2.40. The highest BCUT2D eigenvalue weighted by atomic mass is 35.5. The van der Waals surface area contributed by atoms with Gasteiger partial charge in [0.2, 0.25) is 0 Å². The maximum Gasteiger partial charge on any atom is 0.146 e. The van der Waals surface area contributed by atoms with Crippen molar-refractivity contribution in [3.63, 3.8) is 0 Å². The number of hydrogen-bond acceptors (Lipinski definition) is 2. The molecule has 1 fully saturated rings. The molecule has 2 rings (SSSR count). The first-order valence-corrected chi connectivity index (χ1v) is 7.73. The van der Waals surface area contributed by atoms with Crippen LogP contribution in [0.1, 0.15) is 38.8 Å². The van der Waals surface area contributed by atoms with Crippen LogP contribution in [0.25, 0.3) is 0 Å². The summed E-state index contributed by atoms with van der Waals surface area (Å²) < 4.78 is 14.3. The minimum absolute atomic E-state index is 0.103. The Balaban J connectivity index is 2.33. The minimum Gasteiger partial charge on any atom is -0.329 e. The van der Waals surface area contributed by atoms with Gasteiger partial charge in [-0.1, -0.05) is 37.6 Å². The summed E-state index contributed by atoms with van der Waals surface area (Å²) in [6.45, 7) is 8.08. The molecule has 1 aromatic rings. The highest BCUT2D eigenvalue weighted by Gasteiger charge is 2.34. The van der Waals surface area contributed by atoms with Gasteiger partial charge in [0.25, 0.3) is 0 Å². The third kappa shape index (κ3) is 3.00. The fourth-order valence-electron chi connectivity index (χ4n) is 3.39. The first-order chi connectivity index (χ1) is 9.45. The second kappa shape index (κ2) is 6.42. The van der Waals surface area contributed by atoms with Crippen LogP contribution in [0.3, 0.4) is 0 Å². The van der Waals surface area contributed by atoms with E-state index in [0.717, 1.165) is 6.54 Å². The number of nitrogens with zero attached hydrogens (tertiary/aromatic N) is 1. The molecule has 1 saturated heterocycles. The summed E-state index contributed by atoms with van der Waals surface area (Å²) in [4.78, 5) is 2.34. The molecule has 112 valence electrons. The van der Waals surface area contributed by atoms with Gasteiger partial charge < -0.3 is 5.73 Å². The van der Waals surface area contributed by atoms with Gasteiger partial charge in [0.15, 0.2) is 0 Å². The molecule has 2 nitrogen and oxygen atoms in total. The van der Waals surface area contributed by atoms with Gasteiger partial charge in [0.05, 0.1) is 11.1 Å². The van der Waals surface area contributed by atoms with E-state index in [1.165, 1.54) is 6.42 Å². The van der Waals surface area contributed by atoms with E-state index < -0.39 is 0 Å². The Morgan fingerprint density at radius 1 is 1.40 bits per heavy atom. The lowest BCUT2D eigenvalue weighted by atomic mass is 9.84. The van der Waals surface area contributed by atoms with E-state index in [-0.39, 0.29) is 16.9 Å². The first kappa shape index (κ1) is 15.7. The Kier molecular flexibility index (Phi) is 5.05. The second-order valence-electron chi connectivity index (χ2n) is 6.15. The number of hydrogen-bond donors (Lipinski definition) is 1. The maximum absolute atomic E-state index is 14.3. The summed E-state index contributed by atoms with van der Waals surface area (Å²) in [6.07, 6.45) is 1.22. The summed E-state index contributed by atoms with van der Waals surface area (Å²) in [7, 11) is 0. The second-order valence-corrected chi connectivity index (χ2v) is 6.56. The molecule has 0 aliphatic carbocycles. The van der Waals surface area contributed by atoms with E-state index >= 15 is 0 Å². The Bertz CT molecular complexity index is 466. The van der Waals surface area contributed by atoms with E-state index in [0.29, 0.717) is 30.0 Å². The summed E-state index contributed by atoms with van der Waals surface area (Å²) in [6, 6.07) is 5.48. The molecule has 0 bridgehead atoms. The Hall–Kier alpha value is -0.640. The van der Waals surface area contributed by atoms with Crippen LogP contribution in [0.2, 0.25) is 5.02 Å². The molecule has 0 amide bonds. The Morgan fingerprint density at radius 2 is 2.10 bits per heavy atom. The molecule has 2 N–H and O–H groups in total. The van der Waals surface area contributed by atoms with Crippen molar-refractivity contribution in [2.24, 2.45) is 17.6 Å². The van der Waals surface area contributed by atoms with Gasteiger partial charge in [-0.3, -0.25) is 4.90 Å². The topological polar surface area (TPSA) is 29.3 Å². The largest absolute Gasteiger partial charge is 0.329 e. The van der Waals surface area contributed by atoms with Gasteiger partial charge in [-0.05, 0) is 31.2 Å². The van der Waals surface area contributed by atoms with Gasteiger partial charge in [-0.25, -0.2) is 4.39 Å². The van der Waals surface area contributed by atoms with Crippen LogP contribution in [0.5, 0.6) is 0 Å². The van der Waals surface area contributed by atoms with Crippen molar-refractivity contribution in [3.05, 3.63) is 34.6 Å². The molecule has 20 heavy (non-hydrogen) atoms. The van der Waals surface area contributed by atoms with E-state index in [2.05, 4.69) is 25.7 Å². The summed E-state index contributed by atoms with van der Waals surface area (Å²) in [5, 5.41) is 0.173. The van der Waals surface area contributed by atoms with Crippen LogP contribution in [0.4, 0.5) is 4.39 Å². The molecule has 1 heterocycles. The number of halogens is 2. The lowest BCUT2D eigenvalue weighted by Crippen LogP contribution is -2.49. The van der Waals surface area contributed by atoms with Gasteiger partial charge >= 0.3 is 0 Å². The molecule has 4 heteroatoms. The van der Waals surface area contributed by atoms with Crippen molar-refractivity contribution in [2.75, 3.05) is 13.1 Å². The summed E-state index contributed by atoms with van der Waals surface area (Å²) >= 11 is 5.91. The summed E-state index contributed by atoms with van der Waals surface area (Å²) in [5.41, 5.74) is 6.57. The lowest BCUT2D eigenvalue weighted by molar-refractivity contribution is 0.0412. The third-order valence-corrected chi connectivity index (χ3v) is 4.90. The molecule has 0 radical (unpaired) electrons. The Labute approximate surface area is 126 Å². The standard InChI is InChI=1S/C16H24ClFN2/c1-10-7-11(2)12(3)20(9-10)15(8-19)13-5-4-6-14(17)16(13)18/h4-6,10-12,15H,7-9,19H2,1-3H3. The predicted molar refractivity (Wildman–Crippen MR) is 82.3 cm³/mol. The van der Waals surface area contributed by atoms with Gasteiger partial charge in [0.1, 0.15) is 5.82 Å². The average molecular weight is 299 g/mol. The van der Waals surface area contributed by atoms with Crippen molar-refractivity contribution in [1.82, 2.24) is 4.90 Å². The lowest BCUT2D eigenvalue weighted by Gasteiger charge is -2.45. The molecule has 1 aliphatic rings. The number of nitrogens with two attached hydrogens (primary N) is 1. The van der Waals surface area contributed by atoms with E-state index in [9.17, 15) is 4.39 Å². The van der Waals surface area contributed by atoms with Crippen LogP contribution in [0.15, 0.2) is 18.2 Å². The van der Waals surface area contributed by atoms with Crippen molar-refractivity contribution in [1.29, 1.82) is 0 Å². The van der Waals surface area contributed by atoms with E-state index in [4.69, 9.17) is 17.3 Å². The number of rotatable bonds is 3. The van der Waals surface area contributed by atoms with Crippen LogP contribution in [-0.2, 0) is 0 Å². The molecule has 0 saturated carbocycles. The van der Waals surface area contributed by atoms with Gasteiger partial charge in [-0.2, -0.15) is 0 Å². The van der Waals surface area contributed by atoms with Crippen molar-refractivity contribution in [3.8, 4) is 0 Å². The number of benzene rings is 1. The molecular weight excluding hydrogens is 275 g/mol. The first-order valence-electron chi connectivity index (χ1n) is 7.35. The molecule has 4 unspecified atom stereocenters. The SMILES string of the molecule is CC1CC(C)C(C)N(C(CN)c2cccc(Cl)c2F)C1. The zero-order valence-electron chi connectivity index (χ0n) is 12.4. The monoisotopic (exact) mass is 298 g/mol. The molecule has 0 aromatic heterocycles. The highest BCUT2D eigenvalue weighted by molar-refractivity contribution is 6.30. The molecule has 1 aromatic carbocycles.